The van der Waals surface area contributed by atoms with E-state index < -0.39 is 0 Å². The molecule has 100 valence electrons. The molecule has 3 aromatic rings. The molecule has 0 atom stereocenters. The number of hydrogen-bond donors (Lipinski definition) is 2. The number of halogens is 2. The summed E-state index contributed by atoms with van der Waals surface area (Å²) in [6.45, 7) is 0. The van der Waals surface area contributed by atoms with Crippen molar-refractivity contribution < 1.29 is 4.79 Å². The van der Waals surface area contributed by atoms with E-state index in [4.69, 9.17) is 17.3 Å². The molecule has 0 fully saturated rings. The first-order valence-electron chi connectivity index (χ1n) is 5.78. The minimum atomic E-state index is -0.127. The van der Waals surface area contributed by atoms with E-state index in [0.29, 0.717) is 27.5 Å². The Balaban J connectivity index is 2.12. The molecule has 3 rings (SSSR count). The summed E-state index contributed by atoms with van der Waals surface area (Å²) in [5.41, 5.74) is 7.81. The number of anilines is 1. The van der Waals surface area contributed by atoms with E-state index in [1.165, 1.54) is 0 Å². The fourth-order valence-electron chi connectivity index (χ4n) is 1.99. The van der Waals surface area contributed by atoms with Gasteiger partial charge in [0.2, 0.25) is 0 Å². The molecule has 0 amide bonds. The average Bonchev–Trinajstić information content (AvgIpc) is 2.84. The number of nitrogens with two attached hydrogens (primary N) is 1. The topological polar surface area (TPSA) is 71.8 Å². The molecule has 0 aliphatic carbocycles. The van der Waals surface area contributed by atoms with E-state index in [1.54, 1.807) is 30.6 Å². The van der Waals surface area contributed by atoms with Crippen LogP contribution in [0.5, 0.6) is 0 Å². The van der Waals surface area contributed by atoms with Gasteiger partial charge < -0.3 is 10.7 Å². The summed E-state index contributed by atoms with van der Waals surface area (Å²) in [6.07, 6.45) is 3.32. The van der Waals surface area contributed by atoms with Gasteiger partial charge in [0.05, 0.1) is 10.7 Å². The summed E-state index contributed by atoms with van der Waals surface area (Å²) in [4.78, 5) is 19.7. The van der Waals surface area contributed by atoms with E-state index in [0.717, 1.165) is 9.86 Å². The van der Waals surface area contributed by atoms with Gasteiger partial charge >= 0.3 is 0 Å². The third-order valence-electron chi connectivity index (χ3n) is 3.00. The molecule has 0 aliphatic heterocycles. The van der Waals surface area contributed by atoms with Crippen LogP contribution in [0.1, 0.15) is 15.9 Å². The standard InChI is InChI=1S/C14H9BrClN3O/c15-8-4-9-10(6-19-14(9)18-5-8)13(20)7-1-2-12(17)11(16)3-7/h1-6H,17H2,(H,18,19). The van der Waals surface area contributed by atoms with Crippen molar-refractivity contribution in [3.05, 3.63) is 57.3 Å². The van der Waals surface area contributed by atoms with Gasteiger partial charge in [0.25, 0.3) is 0 Å². The number of H-pyrrole nitrogens is 1. The van der Waals surface area contributed by atoms with Gasteiger partial charge in [-0.05, 0) is 40.2 Å². The van der Waals surface area contributed by atoms with Gasteiger partial charge in [-0.15, -0.1) is 0 Å². The first-order valence-corrected chi connectivity index (χ1v) is 6.95. The van der Waals surface area contributed by atoms with Gasteiger partial charge in [-0.25, -0.2) is 4.98 Å². The zero-order chi connectivity index (χ0) is 14.3. The van der Waals surface area contributed by atoms with E-state index in [9.17, 15) is 4.79 Å². The number of nitrogen functional groups attached to an aromatic ring is 1. The van der Waals surface area contributed by atoms with Crippen LogP contribution in [-0.2, 0) is 0 Å². The van der Waals surface area contributed by atoms with Gasteiger partial charge in [0, 0.05) is 33.4 Å². The number of pyridine rings is 1. The maximum absolute atomic E-state index is 12.5. The quantitative estimate of drug-likeness (QED) is 0.545. The lowest BCUT2D eigenvalue weighted by atomic mass is 10.0. The molecule has 0 unspecified atom stereocenters. The molecule has 6 heteroatoms. The second-order valence-corrected chi connectivity index (χ2v) is 5.64. The number of fused-ring (bicyclic) bond motifs is 1. The Morgan fingerprint density at radius 1 is 1.35 bits per heavy atom. The fraction of sp³-hybridized carbons (Fsp3) is 0. The Morgan fingerprint density at radius 3 is 2.90 bits per heavy atom. The highest BCUT2D eigenvalue weighted by atomic mass is 79.9. The average molecular weight is 351 g/mol. The van der Waals surface area contributed by atoms with E-state index >= 15 is 0 Å². The predicted octanol–water partition coefficient (Wildman–Crippen LogP) is 3.79. The van der Waals surface area contributed by atoms with Crippen LogP contribution >= 0.6 is 27.5 Å². The van der Waals surface area contributed by atoms with Crippen molar-refractivity contribution in [3.8, 4) is 0 Å². The monoisotopic (exact) mass is 349 g/mol. The zero-order valence-electron chi connectivity index (χ0n) is 10.2. The molecule has 2 heterocycles. The molecule has 0 saturated heterocycles. The third-order valence-corrected chi connectivity index (χ3v) is 3.77. The van der Waals surface area contributed by atoms with Crippen molar-refractivity contribution in [2.75, 3.05) is 5.73 Å². The van der Waals surface area contributed by atoms with Crippen molar-refractivity contribution in [2.45, 2.75) is 0 Å². The number of aromatic amines is 1. The van der Waals surface area contributed by atoms with Crippen molar-refractivity contribution >= 4 is 50.0 Å². The maximum Gasteiger partial charge on any atom is 0.195 e. The molecule has 3 N–H and O–H groups in total. The minimum Gasteiger partial charge on any atom is -0.398 e. The van der Waals surface area contributed by atoms with Crippen molar-refractivity contribution in [1.82, 2.24) is 9.97 Å². The van der Waals surface area contributed by atoms with Gasteiger partial charge in [0.1, 0.15) is 5.65 Å². The Bertz CT molecular complexity index is 828. The molecular weight excluding hydrogens is 342 g/mol. The smallest absolute Gasteiger partial charge is 0.195 e. The summed E-state index contributed by atoms with van der Waals surface area (Å²) in [5.74, 6) is -0.127. The van der Waals surface area contributed by atoms with Crippen LogP contribution in [0.15, 0.2) is 41.1 Å². The molecule has 1 aromatic carbocycles. The first-order chi connectivity index (χ1) is 9.56. The van der Waals surface area contributed by atoms with E-state index in [2.05, 4.69) is 25.9 Å². The number of aromatic nitrogens is 2. The fourth-order valence-corrected chi connectivity index (χ4v) is 2.50. The number of carbonyl (C=O) groups is 1. The Hall–Kier alpha value is -1.85. The number of ketones is 1. The number of carbonyl (C=O) groups excluding carboxylic acids is 1. The minimum absolute atomic E-state index is 0.127. The molecule has 20 heavy (non-hydrogen) atoms. The number of nitrogens with zero attached hydrogens (tertiary/aromatic N) is 1. The van der Waals surface area contributed by atoms with Gasteiger partial charge in [0.15, 0.2) is 5.78 Å². The largest absolute Gasteiger partial charge is 0.398 e. The number of benzene rings is 1. The summed E-state index contributed by atoms with van der Waals surface area (Å²) in [7, 11) is 0. The molecule has 0 radical (unpaired) electrons. The molecule has 0 aliphatic rings. The summed E-state index contributed by atoms with van der Waals surface area (Å²) in [5, 5.41) is 1.13. The molecule has 0 bridgehead atoms. The first kappa shape index (κ1) is 13.1. The lowest BCUT2D eigenvalue weighted by molar-refractivity contribution is 0.104. The second-order valence-electron chi connectivity index (χ2n) is 4.32. The highest BCUT2D eigenvalue weighted by molar-refractivity contribution is 9.10. The summed E-state index contributed by atoms with van der Waals surface area (Å²) < 4.78 is 0.814. The van der Waals surface area contributed by atoms with E-state index in [1.807, 2.05) is 6.07 Å². The normalized spacial score (nSPS) is 10.9. The molecule has 2 aromatic heterocycles. The predicted molar refractivity (Wildman–Crippen MR) is 83.1 cm³/mol. The second kappa shape index (κ2) is 4.92. The number of nitrogens with one attached hydrogen (secondary N) is 1. The summed E-state index contributed by atoms with van der Waals surface area (Å²) in [6, 6.07) is 6.71. The summed E-state index contributed by atoms with van der Waals surface area (Å²) >= 11 is 9.31. The third kappa shape index (κ3) is 2.19. The van der Waals surface area contributed by atoms with Gasteiger partial charge in [-0.1, -0.05) is 11.6 Å². The molecule has 4 nitrogen and oxygen atoms in total. The van der Waals surface area contributed by atoms with E-state index in [-0.39, 0.29) is 5.78 Å². The zero-order valence-corrected chi connectivity index (χ0v) is 12.5. The lowest BCUT2D eigenvalue weighted by Gasteiger charge is -2.03. The maximum atomic E-state index is 12.5. The van der Waals surface area contributed by atoms with Crippen molar-refractivity contribution in [3.63, 3.8) is 0 Å². The van der Waals surface area contributed by atoms with Gasteiger partial charge in [-0.2, -0.15) is 0 Å². The molecule has 0 saturated carbocycles. The van der Waals surface area contributed by atoms with Crippen LogP contribution in [0.3, 0.4) is 0 Å². The van der Waals surface area contributed by atoms with Crippen LogP contribution < -0.4 is 5.73 Å². The molecular formula is C14H9BrClN3O. The highest BCUT2D eigenvalue weighted by Crippen LogP contribution is 2.25. The molecule has 0 spiro atoms. The number of hydrogen-bond acceptors (Lipinski definition) is 3. The Kier molecular flexibility index (Phi) is 3.23. The van der Waals surface area contributed by atoms with Crippen LogP contribution in [0.2, 0.25) is 5.02 Å². The van der Waals surface area contributed by atoms with Crippen molar-refractivity contribution in [2.24, 2.45) is 0 Å². The van der Waals surface area contributed by atoms with Crippen LogP contribution in [0, 0.1) is 0 Å². The Morgan fingerprint density at radius 2 is 2.15 bits per heavy atom. The lowest BCUT2D eigenvalue weighted by Crippen LogP contribution is -2.01. The van der Waals surface area contributed by atoms with Crippen LogP contribution in [0.25, 0.3) is 11.0 Å². The van der Waals surface area contributed by atoms with Crippen LogP contribution in [-0.4, -0.2) is 15.8 Å². The van der Waals surface area contributed by atoms with Gasteiger partial charge in [-0.3, -0.25) is 4.79 Å². The van der Waals surface area contributed by atoms with Crippen LogP contribution in [0.4, 0.5) is 5.69 Å². The van der Waals surface area contributed by atoms with Crippen molar-refractivity contribution in [1.29, 1.82) is 0 Å². The number of rotatable bonds is 2. The Labute approximate surface area is 128 Å². The SMILES string of the molecule is Nc1ccc(C(=O)c2c[nH]c3ncc(Br)cc23)cc1Cl. The highest BCUT2D eigenvalue weighted by Gasteiger charge is 2.16.